The molecule has 16 heavy (non-hydrogen) atoms. The van der Waals surface area contributed by atoms with Crippen LogP contribution in [-0.4, -0.2) is 25.2 Å². The van der Waals surface area contributed by atoms with Gasteiger partial charge < -0.3 is 10.2 Å². The van der Waals surface area contributed by atoms with Crippen LogP contribution in [0.2, 0.25) is 5.02 Å². The Kier molecular flexibility index (Phi) is 3.13. The number of halogens is 1. The molecule has 1 fully saturated rings. The highest BCUT2D eigenvalue weighted by Gasteiger charge is 2.26. The third-order valence-electron chi connectivity index (χ3n) is 3.02. The van der Waals surface area contributed by atoms with Crippen LogP contribution in [0.25, 0.3) is 0 Å². The molecule has 0 amide bonds. The molecule has 0 saturated carbocycles. The molecular weight excluding hydrogens is 220 g/mol. The first-order chi connectivity index (χ1) is 7.48. The maximum Gasteiger partial charge on any atom is 0.0642 e. The summed E-state index contributed by atoms with van der Waals surface area (Å²) in [4.78, 5) is 2.36. The van der Waals surface area contributed by atoms with Crippen LogP contribution in [0.15, 0.2) is 18.2 Å². The SMILES string of the molecule is Cc1ccc(N2CCNC(C)(C)C2)c(Cl)c1. The predicted molar refractivity (Wildman–Crippen MR) is 70.5 cm³/mol. The molecule has 1 N–H and O–H groups in total. The van der Waals surface area contributed by atoms with E-state index >= 15 is 0 Å². The Balaban J connectivity index is 2.23. The largest absolute Gasteiger partial charge is 0.367 e. The van der Waals surface area contributed by atoms with Gasteiger partial charge in [0, 0.05) is 25.2 Å². The van der Waals surface area contributed by atoms with Crippen molar-refractivity contribution in [3.63, 3.8) is 0 Å². The van der Waals surface area contributed by atoms with Crippen LogP contribution in [0.1, 0.15) is 19.4 Å². The zero-order chi connectivity index (χ0) is 11.8. The molecule has 2 nitrogen and oxygen atoms in total. The van der Waals surface area contributed by atoms with Gasteiger partial charge in [-0.3, -0.25) is 0 Å². The van der Waals surface area contributed by atoms with Crippen molar-refractivity contribution in [2.75, 3.05) is 24.5 Å². The number of piperazine rings is 1. The summed E-state index contributed by atoms with van der Waals surface area (Å²) in [5, 5.41) is 4.36. The minimum Gasteiger partial charge on any atom is -0.367 e. The van der Waals surface area contributed by atoms with Gasteiger partial charge >= 0.3 is 0 Å². The number of hydrogen-bond donors (Lipinski definition) is 1. The minimum atomic E-state index is 0.159. The summed E-state index contributed by atoms with van der Waals surface area (Å²) in [5.74, 6) is 0. The number of nitrogens with one attached hydrogen (secondary N) is 1. The van der Waals surface area contributed by atoms with E-state index in [1.165, 1.54) is 5.56 Å². The van der Waals surface area contributed by atoms with Gasteiger partial charge in [-0.1, -0.05) is 17.7 Å². The molecule has 0 radical (unpaired) electrons. The maximum absolute atomic E-state index is 6.29. The fourth-order valence-corrected chi connectivity index (χ4v) is 2.57. The zero-order valence-corrected chi connectivity index (χ0v) is 10.9. The molecule has 0 spiro atoms. The number of nitrogens with zero attached hydrogens (tertiary/aromatic N) is 1. The second-order valence-corrected chi connectivity index (χ2v) is 5.59. The smallest absolute Gasteiger partial charge is 0.0642 e. The molecule has 0 bridgehead atoms. The van der Waals surface area contributed by atoms with Crippen molar-refractivity contribution in [2.45, 2.75) is 26.3 Å². The van der Waals surface area contributed by atoms with Crippen LogP contribution in [0.4, 0.5) is 5.69 Å². The highest BCUT2D eigenvalue weighted by atomic mass is 35.5. The van der Waals surface area contributed by atoms with Gasteiger partial charge in [-0.25, -0.2) is 0 Å². The number of anilines is 1. The molecule has 0 aromatic heterocycles. The van der Waals surface area contributed by atoms with Crippen molar-refractivity contribution in [1.82, 2.24) is 5.32 Å². The number of benzene rings is 1. The van der Waals surface area contributed by atoms with Crippen LogP contribution in [0, 0.1) is 6.92 Å². The molecule has 1 aromatic rings. The second kappa shape index (κ2) is 4.27. The average Bonchev–Trinajstić information content (AvgIpc) is 2.15. The summed E-state index contributed by atoms with van der Waals surface area (Å²) in [6, 6.07) is 6.28. The van der Waals surface area contributed by atoms with E-state index in [4.69, 9.17) is 11.6 Å². The molecule has 1 aromatic carbocycles. The van der Waals surface area contributed by atoms with E-state index in [1.54, 1.807) is 0 Å². The van der Waals surface area contributed by atoms with Gasteiger partial charge in [0.05, 0.1) is 10.7 Å². The maximum atomic E-state index is 6.29. The fourth-order valence-electron chi connectivity index (χ4n) is 2.22. The van der Waals surface area contributed by atoms with Gasteiger partial charge in [0.2, 0.25) is 0 Å². The van der Waals surface area contributed by atoms with Crippen molar-refractivity contribution >= 4 is 17.3 Å². The summed E-state index contributed by atoms with van der Waals surface area (Å²) >= 11 is 6.29. The molecule has 2 rings (SSSR count). The Morgan fingerprint density at radius 2 is 2.12 bits per heavy atom. The molecule has 88 valence electrons. The zero-order valence-electron chi connectivity index (χ0n) is 10.2. The van der Waals surface area contributed by atoms with Gasteiger partial charge in [-0.15, -0.1) is 0 Å². The lowest BCUT2D eigenvalue weighted by Crippen LogP contribution is -2.57. The van der Waals surface area contributed by atoms with E-state index in [-0.39, 0.29) is 5.54 Å². The molecule has 0 unspecified atom stereocenters. The van der Waals surface area contributed by atoms with Crippen molar-refractivity contribution in [3.8, 4) is 0 Å². The number of rotatable bonds is 1. The van der Waals surface area contributed by atoms with Crippen LogP contribution in [0.5, 0.6) is 0 Å². The topological polar surface area (TPSA) is 15.3 Å². The van der Waals surface area contributed by atoms with Gasteiger partial charge in [0.15, 0.2) is 0 Å². The lowest BCUT2D eigenvalue weighted by Gasteiger charge is -2.40. The summed E-state index contributed by atoms with van der Waals surface area (Å²) < 4.78 is 0. The van der Waals surface area contributed by atoms with Crippen molar-refractivity contribution in [3.05, 3.63) is 28.8 Å². The van der Waals surface area contributed by atoms with Crippen molar-refractivity contribution < 1.29 is 0 Å². The molecule has 3 heteroatoms. The van der Waals surface area contributed by atoms with Crippen LogP contribution in [0.3, 0.4) is 0 Å². The van der Waals surface area contributed by atoms with Gasteiger partial charge in [0.25, 0.3) is 0 Å². The van der Waals surface area contributed by atoms with Gasteiger partial charge in [-0.2, -0.15) is 0 Å². The number of hydrogen-bond acceptors (Lipinski definition) is 2. The third-order valence-corrected chi connectivity index (χ3v) is 3.32. The summed E-state index contributed by atoms with van der Waals surface area (Å²) in [7, 11) is 0. The summed E-state index contributed by atoms with van der Waals surface area (Å²) in [6.45, 7) is 9.54. The minimum absolute atomic E-state index is 0.159. The van der Waals surface area contributed by atoms with Crippen LogP contribution in [-0.2, 0) is 0 Å². The Labute approximate surface area is 103 Å². The van der Waals surface area contributed by atoms with Crippen LogP contribution < -0.4 is 10.2 Å². The first-order valence-electron chi connectivity index (χ1n) is 5.74. The standard InChI is InChI=1S/C13H19ClN2/c1-10-4-5-12(11(14)8-10)16-7-6-15-13(2,3)9-16/h4-5,8,15H,6-7,9H2,1-3H3. The van der Waals surface area contributed by atoms with Crippen molar-refractivity contribution in [2.24, 2.45) is 0 Å². The first-order valence-corrected chi connectivity index (χ1v) is 6.12. The molecule has 1 aliphatic heterocycles. The van der Waals surface area contributed by atoms with Crippen molar-refractivity contribution in [1.29, 1.82) is 0 Å². The third kappa shape index (κ3) is 2.50. The quantitative estimate of drug-likeness (QED) is 0.810. The van der Waals surface area contributed by atoms with E-state index in [1.807, 2.05) is 6.07 Å². The highest BCUT2D eigenvalue weighted by molar-refractivity contribution is 6.33. The lowest BCUT2D eigenvalue weighted by atomic mass is 10.0. The highest BCUT2D eigenvalue weighted by Crippen LogP contribution is 2.28. The monoisotopic (exact) mass is 238 g/mol. The van der Waals surface area contributed by atoms with E-state index in [0.717, 1.165) is 30.3 Å². The Bertz CT molecular complexity index is 388. The molecule has 1 saturated heterocycles. The molecule has 0 aliphatic carbocycles. The lowest BCUT2D eigenvalue weighted by molar-refractivity contribution is 0.353. The Hall–Kier alpha value is -0.730. The van der Waals surface area contributed by atoms with E-state index in [0.29, 0.717) is 0 Å². The Morgan fingerprint density at radius 3 is 2.75 bits per heavy atom. The van der Waals surface area contributed by atoms with E-state index in [2.05, 4.69) is 43.1 Å². The summed E-state index contributed by atoms with van der Waals surface area (Å²) in [5.41, 5.74) is 2.52. The molecular formula is C13H19ClN2. The Morgan fingerprint density at radius 1 is 1.38 bits per heavy atom. The molecule has 1 aliphatic rings. The van der Waals surface area contributed by atoms with E-state index in [9.17, 15) is 0 Å². The molecule has 1 heterocycles. The van der Waals surface area contributed by atoms with Gasteiger partial charge in [0.1, 0.15) is 0 Å². The first kappa shape index (κ1) is 11.7. The fraction of sp³-hybridized carbons (Fsp3) is 0.538. The summed E-state index contributed by atoms with van der Waals surface area (Å²) in [6.07, 6.45) is 0. The average molecular weight is 239 g/mol. The number of aryl methyl sites for hydroxylation is 1. The normalized spacial score (nSPS) is 19.9. The van der Waals surface area contributed by atoms with E-state index < -0.39 is 0 Å². The predicted octanol–water partition coefficient (Wildman–Crippen LogP) is 2.84. The molecule has 0 atom stereocenters. The second-order valence-electron chi connectivity index (χ2n) is 5.19. The van der Waals surface area contributed by atoms with Crippen LogP contribution >= 0.6 is 11.6 Å². The van der Waals surface area contributed by atoms with Gasteiger partial charge in [-0.05, 0) is 38.5 Å².